The molecule has 0 bridgehead atoms. The van der Waals surface area contributed by atoms with E-state index in [4.69, 9.17) is 4.74 Å². The van der Waals surface area contributed by atoms with E-state index >= 15 is 0 Å². The summed E-state index contributed by atoms with van der Waals surface area (Å²) in [6.45, 7) is 4.41. The van der Waals surface area contributed by atoms with E-state index in [9.17, 15) is 40.6 Å². The normalized spacial score (nSPS) is 19.9. The van der Waals surface area contributed by atoms with Gasteiger partial charge in [-0.3, -0.25) is 4.79 Å². The third-order valence-corrected chi connectivity index (χ3v) is 5.81. The van der Waals surface area contributed by atoms with Crippen molar-refractivity contribution < 1.29 is 45.4 Å². The minimum absolute atomic E-state index is 0.0639. The van der Waals surface area contributed by atoms with Crippen molar-refractivity contribution in [3.8, 4) is 0 Å². The first-order valence-electron chi connectivity index (χ1n) is 11.2. The third-order valence-electron chi connectivity index (χ3n) is 5.81. The SMILES string of the molecule is CCC(C)(O)C(=O)N1CC(OCc2cc(C(F)(F)F)cc(C(F)(F)F)c2)CC1C.Fc1ccccc1. The molecule has 0 aromatic heterocycles. The number of hydrogen-bond donors (Lipinski definition) is 1. The van der Waals surface area contributed by atoms with E-state index in [1.54, 1.807) is 32.0 Å². The van der Waals surface area contributed by atoms with Gasteiger partial charge in [-0.05, 0) is 62.6 Å². The maximum atomic E-state index is 12.9. The summed E-state index contributed by atoms with van der Waals surface area (Å²) in [5, 5.41) is 10.1. The van der Waals surface area contributed by atoms with Crippen LogP contribution in [0.15, 0.2) is 48.5 Å². The number of hydrogen-bond acceptors (Lipinski definition) is 3. The van der Waals surface area contributed by atoms with Crippen LogP contribution in [0.5, 0.6) is 0 Å². The molecule has 0 saturated carbocycles. The van der Waals surface area contributed by atoms with Crippen LogP contribution in [0.4, 0.5) is 30.7 Å². The van der Waals surface area contributed by atoms with Crippen LogP contribution >= 0.6 is 0 Å². The van der Waals surface area contributed by atoms with Crippen molar-refractivity contribution in [1.29, 1.82) is 0 Å². The fourth-order valence-corrected chi connectivity index (χ4v) is 3.58. The summed E-state index contributed by atoms with van der Waals surface area (Å²) in [7, 11) is 0. The van der Waals surface area contributed by atoms with Gasteiger partial charge in [-0.25, -0.2) is 4.39 Å². The molecular formula is C25H28F7NO3. The Balaban J connectivity index is 0.000000558. The van der Waals surface area contributed by atoms with Gasteiger partial charge >= 0.3 is 12.4 Å². The van der Waals surface area contributed by atoms with Crippen molar-refractivity contribution in [1.82, 2.24) is 4.90 Å². The molecule has 1 saturated heterocycles. The fourth-order valence-electron chi connectivity index (χ4n) is 3.58. The van der Waals surface area contributed by atoms with E-state index in [2.05, 4.69) is 0 Å². The lowest BCUT2D eigenvalue weighted by Gasteiger charge is -2.29. The number of likely N-dealkylation sites (tertiary alicyclic amines) is 1. The largest absolute Gasteiger partial charge is 0.416 e. The highest BCUT2D eigenvalue weighted by molar-refractivity contribution is 5.85. The van der Waals surface area contributed by atoms with Crippen LogP contribution in [-0.2, 0) is 28.5 Å². The number of aliphatic hydroxyl groups is 1. The van der Waals surface area contributed by atoms with Crippen LogP contribution in [0.3, 0.4) is 0 Å². The number of alkyl halides is 6. The van der Waals surface area contributed by atoms with E-state index in [1.807, 2.05) is 0 Å². The number of nitrogens with zero attached hydrogens (tertiary/aromatic N) is 1. The molecule has 1 aliphatic heterocycles. The number of carbonyl (C=O) groups excluding carboxylic acids is 1. The smallest absolute Gasteiger partial charge is 0.380 e. The number of ether oxygens (including phenoxy) is 1. The second-order valence-electron chi connectivity index (χ2n) is 8.81. The second kappa shape index (κ2) is 11.6. The Kier molecular flexibility index (Phi) is 9.52. The van der Waals surface area contributed by atoms with Gasteiger partial charge in [0.1, 0.15) is 11.4 Å². The lowest BCUT2D eigenvalue weighted by molar-refractivity contribution is -0.151. The number of rotatable bonds is 5. The highest BCUT2D eigenvalue weighted by Gasteiger charge is 2.41. The van der Waals surface area contributed by atoms with Crippen LogP contribution in [0.2, 0.25) is 0 Å². The van der Waals surface area contributed by atoms with Crippen LogP contribution in [0, 0.1) is 5.82 Å². The highest BCUT2D eigenvalue weighted by atomic mass is 19.4. The van der Waals surface area contributed by atoms with Crippen molar-refractivity contribution in [3.63, 3.8) is 0 Å². The van der Waals surface area contributed by atoms with Crippen molar-refractivity contribution in [2.75, 3.05) is 6.54 Å². The summed E-state index contributed by atoms with van der Waals surface area (Å²) in [6.07, 6.45) is -9.85. The predicted molar refractivity (Wildman–Crippen MR) is 118 cm³/mol. The molecule has 200 valence electrons. The maximum absolute atomic E-state index is 12.9. The molecule has 2 aromatic rings. The van der Waals surface area contributed by atoms with E-state index in [0.29, 0.717) is 18.6 Å². The van der Waals surface area contributed by atoms with Gasteiger partial charge in [0.25, 0.3) is 5.91 Å². The zero-order valence-corrected chi connectivity index (χ0v) is 20.0. The maximum Gasteiger partial charge on any atom is 0.416 e. The Morgan fingerprint density at radius 1 is 1.03 bits per heavy atom. The molecule has 1 N–H and O–H groups in total. The molecule has 3 rings (SSSR count). The van der Waals surface area contributed by atoms with Gasteiger partial charge in [0, 0.05) is 12.6 Å². The molecule has 2 aromatic carbocycles. The summed E-state index contributed by atoms with van der Waals surface area (Å²) < 4.78 is 95.0. The molecule has 1 heterocycles. The first-order chi connectivity index (χ1) is 16.5. The third kappa shape index (κ3) is 8.19. The molecule has 1 fully saturated rings. The lowest BCUT2D eigenvalue weighted by Crippen LogP contribution is -2.48. The summed E-state index contributed by atoms with van der Waals surface area (Å²) >= 11 is 0. The Morgan fingerprint density at radius 3 is 1.97 bits per heavy atom. The molecule has 4 nitrogen and oxygen atoms in total. The predicted octanol–water partition coefficient (Wildman–Crippen LogP) is 6.22. The summed E-state index contributed by atoms with van der Waals surface area (Å²) in [4.78, 5) is 13.8. The fraction of sp³-hybridized carbons (Fsp3) is 0.480. The molecule has 0 spiro atoms. The molecule has 11 heteroatoms. The average Bonchev–Trinajstić information content (AvgIpc) is 3.17. The Morgan fingerprint density at radius 2 is 1.56 bits per heavy atom. The van der Waals surface area contributed by atoms with E-state index in [1.165, 1.54) is 24.0 Å². The van der Waals surface area contributed by atoms with Crippen LogP contribution in [0.1, 0.15) is 50.3 Å². The number of benzene rings is 2. The van der Waals surface area contributed by atoms with Crippen molar-refractivity contribution in [3.05, 3.63) is 71.0 Å². The molecular weight excluding hydrogens is 495 g/mol. The van der Waals surface area contributed by atoms with Crippen molar-refractivity contribution in [2.24, 2.45) is 0 Å². The van der Waals surface area contributed by atoms with E-state index in [-0.39, 0.29) is 36.5 Å². The summed E-state index contributed by atoms with van der Waals surface area (Å²) in [5.41, 5.74) is -4.61. The first-order valence-corrected chi connectivity index (χ1v) is 11.2. The van der Waals surface area contributed by atoms with Gasteiger partial charge < -0.3 is 14.7 Å². The average molecular weight is 523 g/mol. The quantitative estimate of drug-likeness (QED) is 0.474. The number of carbonyl (C=O) groups is 1. The first kappa shape index (κ1) is 29.6. The topological polar surface area (TPSA) is 49.8 Å². The molecule has 3 unspecified atom stereocenters. The molecule has 0 aliphatic carbocycles. The van der Waals surface area contributed by atoms with Crippen LogP contribution in [-0.4, -0.2) is 40.2 Å². The lowest BCUT2D eigenvalue weighted by atomic mass is 10.0. The van der Waals surface area contributed by atoms with Gasteiger partial charge in [0.15, 0.2) is 0 Å². The van der Waals surface area contributed by atoms with Gasteiger partial charge in [-0.1, -0.05) is 25.1 Å². The van der Waals surface area contributed by atoms with Crippen molar-refractivity contribution >= 4 is 5.91 Å². The van der Waals surface area contributed by atoms with Crippen molar-refractivity contribution in [2.45, 2.75) is 70.3 Å². The minimum Gasteiger partial charge on any atom is -0.380 e. The van der Waals surface area contributed by atoms with Gasteiger partial charge in [-0.2, -0.15) is 26.3 Å². The van der Waals surface area contributed by atoms with E-state index in [0.717, 1.165) is 0 Å². The summed E-state index contributed by atoms with van der Waals surface area (Å²) in [6, 6.07) is 8.97. The van der Waals surface area contributed by atoms with Gasteiger partial charge in [-0.15, -0.1) is 0 Å². The zero-order chi connectivity index (χ0) is 27.3. The van der Waals surface area contributed by atoms with Gasteiger partial charge in [0.05, 0.1) is 23.8 Å². The van der Waals surface area contributed by atoms with Crippen LogP contribution < -0.4 is 0 Å². The molecule has 0 radical (unpaired) electrons. The number of halogens is 7. The van der Waals surface area contributed by atoms with Gasteiger partial charge in [0.2, 0.25) is 0 Å². The minimum atomic E-state index is -4.92. The molecule has 3 atom stereocenters. The highest BCUT2D eigenvalue weighted by Crippen LogP contribution is 2.36. The summed E-state index contributed by atoms with van der Waals surface area (Å²) in [5.74, 6) is -0.667. The Labute approximate surface area is 204 Å². The molecule has 1 aliphatic rings. The standard InChI is InChI=1S/C19H23F6NO3.C6H5F/c1-4-17(3,28)16(27)26-9-15(5-11(26)2)29-10-12-6-13(18(20,21)22)8-14(7-12)19(23,24)25;7-6-4-2-1-3-5-6/h6-8,11,15,28H,4-5,9-10H2,1-3H3;1-5H. The van der Waals surface area contributed by atoms with Crippen LogP contribution in [0.25, 0.3) is 0 Å². The number of amides is 1. The zero-order valence-electron chi connectivity index (χ0n) is 20.0. The Bertz CT molecular complexity index is 975. The van der Waals surface area contributed by atoms with E-state index < -0.39 is 47.7 Å². The second-order valence-corrected chi connectivity index (χ2v) is 8.81. The monoisotopic (exact) mass is 523 g/mol. The molecule has 36 heavy (non-hydrogen) atoms. The molecule has 1 amide bonds. The Hall–Kier alpha value is -2.66.